The quantitative estimate of drug-likeness (QED) is 0.426. The molecule has 0 saturated heterocycles. The van der Waals surface area contributed by atoms with E-state index in [1.54, 1.807) is 0 Å². The van der Waals surface area contributed by atoms with E-state index < -0.39 is 11.7 Å². The Bertz CT molecular complexity index is 835. The molecular formula is C17H19F3N6O. The number of alkyl halides is 3. The summed E-state index contributed by atoms with van der Waals surface area (Å²) in [6.45, 7) is 0.0267. The van der Waals surface area contributed by atoms with Gasteiger partial charge in [0.1, 0.15) is 18.2 Å². The van der Waals surface area contributed by atoms with Gasteiger partial charge in [-0.3, -0.25) is 0 Å². The number of rotatable bonds is 5. The number of ether oxygens (including phenoxy) is 1. The van der Waals surface area contributed by atoms with Crippen LogP contribution in [0.4, 0.5) is 13.2 Å². The lowest BCUT2D eigenvalue weighted by molar-refractivity contribution is -0.137. The molecule has 0 aliphatic heterocycles. The van der Waals surface area contributed by atoms with Gasteiger partial charge in [0.15, 0.2) is 5.82 Å². The summed E-state index contributed by atoms with van der Waals surface area (Å²) < 4.78 is 45.6. The third-order valence-electron chi connectivity index (χ3n) is 4.80. The van der Waals surface area contributed by atoms with E-state index in [1.807, 2.05) is 11.6 Å². The van der Waals surface area contributed by atoms with E-state index in [0.29, 0.717) is 5.82 Å². The van der Waals surface area contributed by atoms with Crippen LogP contribution in [-0.4, -0.2) is 20.8 Å². The first kappa shape index (κ1) is 19.0. The highest BCUT2D eigenvalue weighted by molar-refractivity contribution is 5.30. The molecule has 2 aromatic rings. The summed E-state index contributed by atoms with van der Waals surface area (Å²) in [5, 5.41) is 12.1. The number of benzene rings is 1. The van der Waals surface area contributed by atoms with Gasteiger partial charge in [-0.05, 0) is 49.4 Å². The second-order valence-electron chi connectivity index (χ2n) is 6.56. The number of hydrogen-bond acceptors (Lipinski definition) is 4. The molecule has 0 radical (unpaired) electrons. The molecule has 27 heavy (non-hydrogen) atoms. The molecule has 0 N–H and O–H groups in total. The molecule has 1 aromatic heterocycles. The predicted octanol–water partition coefficient (Wildman–Crippen LogP) is 4.75. The molecule has 144 valence electrons. The Balaban J connectivity index is 1.64. The van der Waals surface area contributed by atoms with E-state index in [9.17, 15) is 13.2 Å². The van der Waals surface area contributed by atoms with Crippen LogP contribution >= 0.6 is 0 Å². The van der Waals surface area contributed by atoms with Crippen molar-refractivity contribution in [2.45, 2.75) is 50.4 Å². The number of hydrogen-bond donors (Lipinski definition) is 0. The maximum atomic E-state index is 12.8. The third kappa shape index (κ3) is 4.51. The molecule has 0 bridgehead atoms. The van der Waals surface area contributed by atoms with Gasteiger partial charge >= 0.3 is 6.18 Å². The Morgan fingerprint density at radius 1 is 1.26 bits per heavy atom. The largest absolute Gasteiger partial charge is 0.486 e. The summed E-state index contributed by atoms with van der Waals surface area (Å²) in [6, 6.07) is 4.78. The lowest BCUT2D eigenvalue weighted by Crippen LogP contribution is -2.18. The van der Waals surface area contributed by atoms with Gasteiger partial charge in [0.05, 0.1) is 5.56 Å². The molecule has 1 fully saturated rings. The molecule has 0 spiro atoms. The van der Waals surface area contributed by atoms with Gasteiger partial charge < -0.3 is 9.30 Å². The van der Waals surface area contributed by atoms with Crippen LogP contribution in [0.25, 0.3) is 10.4 Å². The second kappa shape index (κ2) is 7.87. The lowest BCUT2D eigenvalue weighted by Gasteiger charge is -2.24. The average Bonchev–Trinajstić information content (AvgIpc) is 3.01. The summed E-state index contributed by atoms with van der Waals surface area (Å²) in [6.07, 6.45) is -1.10. The van der Waals surface area contributed by atoms with Gasteiger partial charge in [-0.2, -0.15) is 13.2 Å². The van der Waals surface area contributed by atoms with E-state index in [1.165, 1.54) is 12.1 Å². The van der Waals surface area contributed by atoms with Gasteiger partial charge in [0.2, 0.25) is 0 Å². The van der Waals surface area contributed by atoms with E-state index in [-0.39, 0.29) is 24.3 Å². The minimum absolute atomic E-state index is 0.0267. The molecule has 1 aromatic carbocycles. The summed E-state index contributed by atoms with van der Waals surface area (Å²) in [7, 11) is 1.82. The molecule has 10 heteroatoms. The monoisotopic (exact) mass is 380 g/mol. The maximum absolute atomic E-state index is 12.8. The van der Waals surface area contributed by atoms with Crippen molar-refractivity contribution in [3.05, 3.63) is 51.9 Å². The number of azide groups is 1. The molecule has 1 aliphatic rings. The fourth-order valence-corrected chi connectivity index (χ4v) is 3.29. The van der Waals surface area contributed by atoms with Crippen LogP contribution < -0.4 is 4.74 Å². The molecule has 0 atom stereocenters. The summed E-state index contributed by atoms with van der Waals surface area (Å²) in [5.74, 6) is 1.70. The summed E-state index contributed by atoms with van der Waals surface area (Å²) in [4.78, 5) is 2.86. The number of nitrogens with zero attached hydrogens (tertiary/aromatic N) is 6. The first-order valence-electron chi connectivity index (χ1n) is 8.61. The van der Waals surface area contributed by atoms with Crippen molar-refractivity contribution in [3.63, 3.8) is 0 Å². The van der Waals surface area contributed by atoms with Crippen molar-refractivity contribution in [1.82, 2.24) is 14.8 Å². The number of halogens is 3. The molecule has 1 heterocycles. The minimum Gasteiger partial charge on any atom is -0.486 e. The van der Waals surface area contributed by atoms with Crippen molar-refractivity contribution in [3.8, 4) is 5.75 Å². The van der Waals surface area contributed by atoms with Crippen molar-refractivity contribution in [2.24, 2.45) is 12.2 Å². The molecule has 3 rings (SSSR count). The molecule has 0 amide bonds. The highest BCUT2D eigenvalue weighted by Gasteiger charge is 2.30. The molecule has 7 nitrogen and oxygen atoms in total. The molecule has 1 aliphatic carbocycles. The molecule has 0 unspecified atom stereocenters. The SMILES string of the molecule is Cn1c(COc2cccc(C(F)(F)F)c2)nnc1[C@H]1CC[C@H](N=[N+]=[N-])CC1. The topological polar surface area (TPSA) is 88.7 Å². The van der Waals surface area contributed by atoms with E-state index in [2.05, 4.69) is 20.2 Å². The predicted molar refractivity (Wildman–Crippen MR) is 90.9 cm³/mol. The van der Waals surface area contributed by atoms with Crippen molar-refractivity contribution in [1.29, 1.82) is 0 Å². The zero-order valence-electron chi connectivity index (χ0n) is 14.7. The van der Waals surface area contributed by atoms with Gasteiger partial charge in [-0.15, -0.1) is 10.2 Å². The fourth-order valence-electron chi connectivity index (χ4n) is 3.29. The first-order valence-corrected chi connectivity index (χ1v) is 8.61. The molecule has 1 saturated carbocycles. The Hall–Kier alpha value is -2.74. The summed E-state index contributed by atoms with van der Waals surface area (Å²) >= 11 is 0. The smallest absolute Gasteiger partial charge is 0.416 e. The normalized spacial score (nSPS) is 20.1. The van der Waals surface area contributed by atoms with Crippen LogP contribution in [0, 0.1) is 0 Å². The molecular weight excluding hydrogens is 361 g/mol. The van der Waals surface area contributed by atoms with Crippen LogP contribution in [0.2, 0.25) is 0 Å². The standard InChI is InChI=1S/C17H19F3N6O/c1-26-15(10-27-14-4-2-3-12(9-14)17(18,19)20)23-24-16(26)11-5-7-13(8-6-11)22-25-21/h2-4,9,11,13H,5-8,10H2,1H3/t11-,13-. The average molecular weight is 380 g/mol. The highest BCUT2D eigenvalue weighted by Crippen LogP contribution is 2.34. The maximum Gasteiger partial charge on any atom is 0.416 e. The van der Waals surface area contributed by atoms with E-state index in [4.69, 9.17) is 10.3 Å². The van der Waals surface area contributed by atoms with Crippen molar-refractivity contribution in [2.75, 3.05) is 0 Å². The minimum atomic E-state index is -4.41. The van der Waals surface area contributed by atoms with Crippen LogP contribution in [-0.2, 0) is 19.8 Å². The van der Waals surface area contributed by atoms with E-state index >= 15 is 0 Å². The zero-order valence-corrected chi connectivity index (χ0v) is 14.7. The van der Waals surface area contributed by atoms with Gasteiger partial charge in [-0.1, -0.05) is 11.2 Å². The van der Waals surface area contributed by atoms with Crippen LogP contribution in [0.1, 0.15) is 48.8 Å². The number of aromatic nitrogens is 3. The Kier molecular flexibility index (Phi) is 5.55. The van der Waals surface area contributed by atoms with Gasteiger partial charge in [-0.25, -0.2) is 0 Å². The Morgan fingerprint density at radius 2 is 2.00 bits per heavy atom. The van der Waals surface area contributed by atoms with Gasteiger partial charge in [0.25, 0.3) is 0 Å². The Morgan fingerprint density at radius 3 is 2.67 bits per heavy atom. The van der Waals surface area contributed by atoms with Crippen LogP contribution in [0.15, 0.2) is 29.4 Å². The lowest BCUT2D eigenvalue weighted by atomic mass is 9.86. The third-order valence-corrected chi connectivity index (χ3v) is 4.80. The van der Waals surface area contributed by atoms with Crippen molar-refractivity contribution < 1.29 is 17.9 Å². The van der Waals surface area contributed by atoms with Crippen LogP contribution in [0.5, 0.6) is 5.75 Å². The summed E-state index contributed by atoms with van der Waals surface area (Å²) in [5.41, 5.74) is 7.76. The van der Waals surface area contributed by atoms with Gasteiger partial charge in [0, 0.05) is 23.9 Å². The van der Waals surface area contributed by atoms with E-state index in [0.717, 1.165) is 43.6 Å². The first-order chi connectivity index (χ1) is 12.9. The van der Waals surface area contributed by atoms with Crippen molar-refractivity contribution >= 4 is 0 Å². The Labute approximate surface area is 153 Å². The fraction of sp³-hybridized carbons (Fsp3) is 0.529. The zero-order chi connectivity index (χ0) is 19.4. The second-order valence-corrected chi connectivity index (χ2v) is 6.56. The van der Waals surface area contributed by atoms with Crippen LogP contribution in [0.3, 0.4) is 0 Å². The highest BCUT2D eigenvalue weighted by atomic mass is 19.4.